The molecule has 0 fully saturated rings. The van der Waals surface area contributed by atoms with Gasteiger partial charge in [0, 0.05) is 27.9 Å². The maximum Gasteiger partial charge on any atom is 0.128 e. The molecule has 0 spiro atoms. The molecule has 1 unspecified atom stereocenters. The molecule has 0 aliphatic rings. The molecule has 0 saturated heterocycles. The van der Waals surface area contributed by atoms with E-state index in [-0.39, 0.29) is 11.9 Å². The van der Waals surface area contributed by atoms with Crippen molar-refractivity contribution in [3.05, 3.63) is 51.6 Å². The van der Waals surface area contributed by atoms with Crippen molar-refractivity contribution in [3.63, 3.8) is 0 Å². The highest BCUT2D eigenvalue weighted by atomic mass is 35.5. The van der Waals surface area contributed by atoms with E-state index in [4.69, 9.17) is 11.6 Å². The summed E-state index contributed by atoms with van der Waals surface area (Å²) in [5.41, 5.74) is 3.80. The van der Waals surface area contributed by atoms with E-state index < -0.39 is 0 Å². The summed E-state index contributed by atoms with van der Waals surface area (Å²) in [6.45, 7) is 6.54. The summed E-state index contributed by atoms with van der Waals surface area (Å²) in [5, 5.41) is 8.40. The van der Waals surface area contributed by atoms with Crippen LogP contribution < -0.4 is 5.32 Å². The molecule has 1 heterocycles. The number of rotatable bonds is 5. The Morgan fingerprint density at radius 3 is 2.71 bits per heavy atom. The van der Waals surface area contributed by atoms with Gasteiger partial charge >= 0.3 is 0 Å². The molecule has 0 bridgehead atoms. The highest BCUT2D eigenvalue weighted by molar-refractivity contribution is 6.30. The number of hydrogen-bond acceptors (Lipinski definition) is 2. The third-order valence-corrected chi connectivity index (χ3v) is 4.11. The second-order valence-corrected chi connectivity index (χ2v) is 5.66. The normalized spacial score (nSPS) is 12.7. The predicted molar refractivity (Wildman–Crippen MR) is 84.3 cm³/mol. The lowest BCUT2D eigenvalue weighted by Crippen LogP contribution is -2.17. The lowest BCUT2D eigenvalue weighted by molar-refractivity contribution is 0.563. The molecular weight excluding hydrogens is 289 g/mol. The van der Waals surface area contributed by atoms with Crippen LogP contribution >= 0.6 is 11.6 Å². The van der Waals surface area contributed by atoms with Crippen LogP contribution in [-0.4, -0.2) is 16.8 Å². The Bertz CT molecular complexity index is 633. The minimum absolute atomic E-state index is 0.255. The third-order valence-electron chi connectivity index (χ3n) is 3.87. The van der Waals surface area contributed by atoms with Crippen molar-refractivity contribution >= 4 is 11.6 Å². The summed E-state index contributed by atoms with van der Waals surface area (Å²) < 4.78 is 15.7. The van der Waals surface area contributed by atoms with Crippen LogP contribution in [0, 0.1) is 19.7 Å². The van der Waals surface area contributed by atoms with Gasteiger partial charge in [0.15, 0.2) is 0 Å². The molecule has 114 valence electrons. The third kappa shape index (κ3) is 3.27. The van der Waals surface area contributed by atoms with Gasteiger partial charge < -0.3 is 5.32 Å². The Hall–Kier alpha value is -1.39. The first kappa shape index (κ1) is 16.0. The summed E-state index contributed by atoms with van der Waals surface area (Å²) in [5.74, 6) is -0.255. The molecule has 1 aromatic carbocycles. The fraction of sp³-hybridized carbons (Fsp3) is 0.438. The summed E-state index contributed by atoms with van der Waals surface area (Å²) in [4.78, 5) is 0. The van der Waals surface area contributed by atoms with Crippen molar-refractivity contribution in [1.29, 1.82) is 0 Å². The molecular formula is C16H21ClFN3. The highest BCUT2D eigenvalue weighted by Gasteiger charge is 2.19. The van der Waals surface area contributed by atoms with Crippen LogP contribution in [0.4, 0.5) is 4.39 Å². The fourth-order valence-corrected chi connectivity index (χ4v) is 2.94. The first-order chi connectivity index (χ1) is 9.97. The van der Waals surface area contributed by atoms with E-state index in [1.165, 1.54) is 11.6 Å². The highest BCUT2D eigenvalue weighted by Crippen LogP contribution is 2.25. The van der Waals surface area contributed by atoms with Crippen LogP contribution in [0.15, 0.2) is 18.2 Å². The average Bonchev–Trinajstić information content (AvgIpc) is 2.72. The molecule has 0 aliphatic heterocycles. The number of hydrogen-bond donors (Lipinski definition) is 1. The Morgan fingerprint density at radius 2 is 2.10 bits per heavy atom. The van der Waals surface area contributed by atoms with Gasteiger partial charge in [-0.1, -0.05) is 18.5 Å². The van der Waals surface area contributed by atoms with Gasteiger partial charge in [0.25, 0.3) is 0 Å². The van der Waals surface area contributed by atoms with Gasteiger partial charge in [-0.05, 0) is 45.5 Å². The molecule has 0 amide bonds. The largest absolute Gasteiger partial charge is 0.313 e. The van der Waals surface area contributed by atoms with Crippen LogP contribution in [0.25, 0.3) is 0 Å². The molecule has 2 aromatic rings. The van der Waals surface area contributed by atoms with Crippen LogP contribution in [-0.2, 0) is 6.54 Å². The van der Waals surface area contributed by atoms with Gasteiger partial charge in [-0.3, -0.25) is 4.68 Å². The van der Waals surface area contributed by atoms with Gasteiger partial charge in [0.05, 0.1) is 12.2 Å². The van der Waals surface area contributed by atoms with E-state index in [2.05, 4.69) is 17.3 Å². The zero-order valence-electron chi connectivity index (χ0n) is 12.9. The Kier molecular flexibility index (Phi) is 5.01. The lowest BCUT2D eigenvalue weighted by atomic mass is 10.0. The van der Waals surface area contributed by atoms with E-state index in [0.717, 1.165) is 17.8 Å². The molecule has 0 radical (unpaired) electrons. The molecule has 1 atom stereocenters. The number of nitrogens with zero attached hydrogens (tertiary/aromatic N) is 2. The first-order valence-corrected chi connectivity index (χ1v) is 7.50. The van der Waals surface area contributed by atoms with E-state index >= 15 is 0 Å². The monoisotopic (exact) mass is 309 g/mol. The van der Waals surface area contributed by atoms with Crippen LogP contribution in [0.2, 0.25) is 5.02 Å². The molecule has 21 heavy (non-hydrogen) atoms. The van der Waals surface area contributed by atoms with E-state index in [1.807, 2.05) is 25.6 Å². The quantitative estimate of drug-likeness (QED) is 0.904. The van der Waals surface area contributed by atoms with Crippen molar-refractivity contribution in [2.24, 2.45) is 0 Å². The second-order valence-electron chi connectivity index (χ2n) is 5.23. The van der Waals surface area contributed by atoms with E-state index in [9.17, 15) is 4.39 Å². The van der Waals surface area contributed by atoms with Gasteiger partial charge in [0.2, 0.25) is 0 Å². The van der Waals surface area contributed by atoms with Crippen LogP contribution in [0.1, 0.15) is 41.9 Å². The Morgan fingerprint density at radius 1 is 1.38 bits per heavy atom. The summed E-state index contributed by atoms with van der Waals surface area (Å²) in [6, 6.07) is 4.87. The Labute approximate surface area is 130 Å². The molecule has 0 aliphatic carbocycles. The van der Waals surface area contributed by atoms with Crippen LogP contribution in [0.5, 0.6) is 0 Å². The predicted octanol–water partition coefficient (Wildman–Crippen LogP) is 4.01. The average molecular weight is 310 g/mol. The van der Waals surface area contributed by atoms with Gasteiger partial charge in [-0.25, -0.2) is 4.39 Å². The second kappa shape index (κ2) is 6.58. The molecule has 3 nitrogen and oxygen atoms in total. The number of benzene rings is 1. The number of halogens is 2. The van der Waals surface area contributed by atoms with Crippen molar-refractivity contribution in [3.8, 4) is 0 Å². The first-order valence-electron chi connectivity index (χ1n) is 7.13. The zero-order chi connectivity index (χ0) is 15.6. The van der Waals surface area contributed by atoms with Gasteiger partial charge in [0.1, 0.15) is 5.82 Å². The topological polar surface area (TPSA) is 29.9 Å². The summed E-state index contributed by atoms with van der Waals surface area (Å²) >= 11 is 5.95. The number of aromatic nitrogens is 2. The smallest absolute Gasteiger partial charge is 0.128 e. The minimum atomic E-state index is -0.255. The summed E-state index contributed by atoms with van der Waals surface area (Å²) in [7, 11) is 1.95. The molecule has 1 N–H and O–H groups in total. The van der Waals surface area contributed by atoms with Crippen molar-refractivity contribution < 1.29 is 4.39 Å². The van der Waals surface area contributed by atoms with Crippen molar-refractivity contribution in [1.82, 2.24) is 15.1 Å². The van der Waals surface area contributed by atoms with Gasteiger partial charge in [-0.2, -0.15) is 5.10 Å². The molecule has 5 heteroatoms. The molecule has 0 saturated carbocycles. The zero-order valence-corrected chi connectivity index (χ0v) is 13.6. The number of aryl methyl sites for hydroxylation is 1. The standard InChI is InChI=1S/C16H21ClFN3/c1-5-15(19-4)16-10(2)20-21(11(16)3)9-12-8-13(17)6-7-14(12)18/h6-8,15,19H,5,9H2,1-4H3. The maximum atomic E-state index is 13.9. The summed E-state index contributed by atoms with van der Waals surface area (Å²) in [6.07, 6.45) is 0.982. The lowest BCUT2D eigenvalue weighted by Gasteiger charge is -2.15. The van der Waals surface area contributed by atoms with Gasteiger partial charge in [-0.15, -0.1) is 0 Å². The van der Waals surface area contributed by atoms with E-state index in [1.54, 1.807) is 12.1 Å². The van der Waals surface area contributed by atoms with Crippen molar-refractivity contribution in [2.75, 3.05) is 7.05 Å². The van der Waals surface area contributed by atoms with Crippen LogP contribution in [0.3, 0.4) is 0 Å². The molecule has 1 aromatic heterocycles. The maximum absolute atomic E-state index is 13.9. The number of nitrogens with one attached hydrogen (secondary N) is 1. The van der Waals surface area contributed by atoms with Crippen molar-refractivity contribution in [2.45, 2.75) is 39.8 Å². The van der Waals surface area contributed by atoms with E-state index in [0.29, 0.717) is 17.1 Å². The molecule has 2 rings (SSSR count). The SMILES string of the molecule is CCC(NC)c1c(C)nn(Cc2cc(Cl)ccc2F)c1C. The Balaban J connectivity index is 2.38. The minimum Gasteiger partial charge on any atom is -0.313 e. The fourth-order valence-electron chi connectivity index (χ4n) is 2.75.